The lowest BCUT2D eigenvalue weighted by atomic mass is 10.1. The molecule has 2 fully saturated rings. The Morgan fingerprint density at radius 1 is 1.00 bits per heavy atom. The molecule has 0 aromatic heterocycles. The highest BCUT2D eigenvalue weighted by Crippen LogP contribution is 2.33. The van der Waals surface area contributed by atoms with Crippen LogP contribution in [0.2, 0.25) is 0 Å². The Morgan fingerprint density at radius 2 is 1.70 bits per heavy atom. The van der Waals surface area contributed by atoms with E-state index in [0.29, 0.717) is 56.2 Å². The molecule has 0 bridgehead atoms. The van der Waals surface area contributed by atoms with Crippen LogP contribution in [0.25, 0.3) is 0 Å². The second kappa shape index (κ2) is 7.81. The minimum absolute atomic E-state index is 0.0208. The number of hydrogen-bond donors (Lipinski definition) is 0. The highest BCUT2D eigenvalue weighted by molar-refractivity contribution is 5.95. The van der Waals surface area contributed by atoms with Crippen LogP contribution in [0.15, 0.2) is 18.2 Å². The summed E-state index contributed by atoms with van der Waals surface area (Å²) in [5.74, 6) is 0.921. The number of nitrogens with zero attached hydrogens (tertiary/aromatic N) is 3. The van der Waals surface area contributed by atoms with Crippen molar-refractivity contribution in [3.05, 3.63) is 23.8 Å². The quantitative estimate of drug-likeness (QED) is 0.735. The fourth-order valence-electron chi connectivity index (χ4n) is 4.33. The first-order valence-electron chi connectivity index (χ1n) is 10.5. The zero-order chi connectivity index (χ0) is 21.5. The first-order chi connectivity index (χ1) is 14.2. The summed E-state index contributed by atoms with van der Waals surface area (Å²) in [6, 6.07) is 5.21. The van der Waals surface area contributed by atoms with Gasteiger partial charge in [-0.2, -0.15) is 0 Å². The second-order valence-electron chi connectivity index (χ2n) is 9.12. The van der Waals surface area contributed by atoms with Gasteiger partial charge in [0.1, 0.15) is 0 Å². The normalized spacial score (nSPS) is 21.8. The minimum atomic E-state index is -0.298. The molecule has 1 atom stereocenters. The predicted molar refractivity (Wildman–Crippen MR) is 109 cm³/mol. The number of carbonyl (C=O) groups is 3. The van der Waals surface area contributed by atoms with Gasteiger partial charge in [0.2, 0.25) is 18.6 Å². The highest BCUT2D eigenvalue weighted by Gasteiger charge is 2.41. The Labute approximate surface area is 176 Å². The maximum Gasteiger partial charge on any atom is 0.254 e. The molecular formula is C22H29N3O5. The third-order valence-electron chi connectivity index (χ3n) is 6.00. The summed E-state index contributed by atoms with van der Waals surface area (Å²) in [6.45, 7) is 8.76. The van der Waals surface area contributed by atoms with Crippen LogP contribution in [0.5, 0.6) is 11.5 Å². The van der Waals surface area contributed by atoms with Gasteiger partial charge in [0.25, 0.3) is 5.91 Å². The van der Waals surface area contributed by atoms with Crippen LogP contribution in [-0.2, 0) is 9.59 Å². The number of ether oxygens (including phenoxy) is 2. The number of amides is 3. The molecule has 3 heterocycles. The number of carbonyl (C=O) groups excluding carboxylic acids is 3. The van der Waals surface area contributed by atoms with E-state index >= 15 is 0 Å². The van der Waals surface area contributed by atoms with Crippen LogP contribution in [0, 0.1) is 5.92 Å². The molecule has 0 saturated carbocycles. The van der Waals surface area contributed by atoms with Crippen molar-refractivity contribution in [3.8, 4) is 11.5 Å². The van der Waals surface area contributed by atoms with E-state index in [1.54, 1.807) is 28.0 Å². The topological polar surface area (TPSA) is 79.4 Å². The van der Waals surface area contributed by atoms with Gasteiger partial charge in [-0.15, -0.1) is 0 Å². The fourth-order valence-corrected chi connectivity index (χ4v) is 4.33. The van der Waals surface area contributed by atoms with Gasteiger partial charge < -0.3 is 24.2 Å². The van der Waals surface area contributed by atoms with Gasteiger partial charge in [-0.1, -0.05) is 0 Å². The third-order valence-corrected chi connectivity index (χ3v) is 6.00. The number of hydrogen-bond acceptors (Lipinski definition) is 5. The fraction of sp³-hybridized carbons (Fsp3) is 0.591. The number of fused-ring (bicyclic) bond motifs is 1. The second-order valence-corrected chi connectivity index (χ2v) is 9.12. The van der Waals surface area contributed by atoms with Crippen molar-refractivity contribution in [2.24, 2.45) is 5.92 Å². The number of rotatable bonds is 2. The molecule has 1 aromatic carbocycles. The van der Waals surface area contributed by atoms with Crippen molar-refractivity contribution in [1.29, 1.82) is 0 Å². The molecule has 8 nitrogen and oxygen atoms in total. The van der Waals surface area contributed by atoms with Crippen molar-refractivity contribution < 1.29 is 23.9 Å². The van der Waals surface area contributed by atoms with E-state index in [-0.39, 0.29) is 42.4 Å². The molecule has 3 amide bonds. The van der Waals surface area contributed by atoms with E-state index in [1.807, 2.05) is 25.7 Å². The first-order valence-corrected chi connectivity index (χ1v) is 10.5. The summed E-state index contributed by atoms with van der Waals surface area (Å²) < 4.78 is 10.7. The van der Waals surface area contributed by atoms with Crippen LogP contribution in [0.4, 0.5) is 0 Å². The predicted octanol–water partition coefficient (Wildman–Crippen LogP) is 1.74. The molecule has 2 saturated heterocycles. The summed E-state index contributed by atoms with van der Waals surface area (Å²) in [5, 5.41) is 0. The minimum Gasteiger partial charge on any atom is -0.454 e. The first kappa shape index (κ1) is 20.5. The molecule has 4 rings (SSSR count). The third kappa shape index (κ3) is 3.95. The van der Waals surface area contributed by atoms with Crippen LogP contribution < -0.4 is 9.47 Å². The molecule has 0 radical (unpaired) electrons. The Kier molecular flexibility index (Phi) is 5.34. The SMILES string of the molecule is CC(C)(C)N1CC(C(=O)N2CCCN(C(=O)c3ccc4c(c3)OCO4)CC2)CC1=O. The lowest BCUT2D eigenvalue weighted by Crippen LogP contribution is -2.44. The van der Waals surface area contributed by atoms with Gasteiger partial charge in [0, 0.05) is 50.2 Å². The van der Waals surface area contributed by atoms with Gasteiger partial charge in [-0.3, -0.25) is 14.4 Å². The lowest BCUT2D eigenvalue weighted by molar-refractivity contribution is -0.135. The van der Waals surface area contributed by atoms with Gasteiger partial charge >= 0.3 is 0 Å². The molecule has 3 aliphatic heterocycles. The van der Waals surface area contributed by atoms with Gasteiger partial charge in [-0.25, -0.2) is 0 Å². The van der Waals surface area contributed by atoms with Gasteiger partial charge in [0.05, 0.1) is 5.92 Å². The summed E-state index contributed by atoms with van der Waals surface area (Å²) in [7, 11) is 0. The van der Waals surface area contributed by atoms with E-state index in [2.05, 4.69) is 0 Å². The van der Waals surface area contributed by atoms with Crippen LogP contribution >= 0.6 is 0 Å². The van der Waals surface area contributed by atoms with E-state index in [4.69, 9.17) is 9.47 Å². The average molecular weight is 415 g/mol. The summed E-state index contributed by atoms with van der Waals surface area (Å²) in [4.78, 5) is 43.8. The van der Waals surface area contributed by atoms with E-state index in [0.717, 1.165) is 0 Å². The van der Waals surface area contributed by atoms with Crippen LogP contribution in [-0.4, -0.2) is 77.5 Å². The summed E-state index contributed by atoms with van der Waals surface area (Å²) >= 11 is 0. The van der Waals surface area contributed by atoms with Gasteiger partial charge in [0.15, 0.2) is 11.5 Å². The molecule has 8 heteroatoms. The molecule has 0 N–H and O–H groups in total. The van der Waals surface area contributed by atoms with E-state index in [1.165, 1.54) is 0 Å². The monoisotopic (exact) mass is 415 g/mol. The largest absolute Gasteiger partial charge is 0.454 e. The number of likely N-dealkylation sites (tertiary alicyclic amines) is 1. The lowest BCUT2D eigenvalue weighted by Gasteiger charge is -2.32. The summed E-state index contributed by atoms with van der Waals surface area (Å²) in [6.07, 6.45) is 0.984. The number of benzene rings is 1. The van der Waals surface area contributed by atoms with Crippen LogP contribution in [0.3, 0.4) is 0 Å². The van der Waals surface area contributed by atoms with Crippen molar-refractivity contribution in [2.45, 2.75) is 39.2 Å². The van der Waals surface area contributed by atoms with E-state index < -0.39 is 0 Å². The van der Waals surface area contributed by atoms with Crippen molar-refractivity contribution in [3.63, 3.8) is 0 Å². The van der Waals surface area contributed by atoms with Crippen molar-refractivity contribution in [1.82, 2.24) is 14.7 Å². The molecule has 162 valence electrons. The van der Waals surface area contributed by atoms with Crippen molar-refractivity contribution in [2.75, 3.05) is 39.5 Å². The Morgan fingerprint density at radius 3 is 2.43 bits per heavy atom. The molecule has 0 spiro atoms. The molecular weight excluding hydrogens is 386 g/mol. The smallest absolute Gasteiger partial charge is 0.254 e. The molecule has 0 aliphatic carbocycles. The zero-order valence-corrected chi connectivity index (χ0v) is 17.8. The molecule has 1 aromatic rings. The average Bonchev–Trinajstić information content (AvgIpc) is 3.25. The molecule has 3 aliphatic rings. The van der Waals surface area contributed by atoms with Crippen molar-refractivity contribution >= 4 is 17.7 Å². The zero-order valence-electron chi connectivity index (χ0n) is 17.8. The summed E-state index contributed by atoms with van der Waals surface area (Å²) in [5.41, 5.74) is 0.278. The Bertz CT molecular complexity index is 863. The molecule has 30 heavy (non-hydrogen) atoms. The Balaban J connectivity index is 1.38. The Hall–Kier alpha value is -2.77. The van der Waals surface area contributed by atoms with Gasteiger partial charge in [-0.05, 0) is 45.4 Å². The maximum absolute atomic E-state index is 13.1. The molecule has 1 unspecified atom stereocenters. The maximum atomic E-state index is 13.1. The highest BCUT2D eigenvalue weighted by atomic mass is 16.7. The standard InChI is InChI=1S/C22H29N3O5/c1-22(2,3)25-13-16(12-19(25)26)21(28)24-8-4-7-23(9-10-24)20(27)15-5-6-17-18(11-15)30-14-29-17/h5-6,11,16H,4,7-10,12-14H2,1-3H3. The van der Waals surface area contributed by atoms with E-state index in [9.17, 15) is 14.4 Å². The van der Waals surface area contributed by atoms with Crippen LogP contribution in [0.1, 0.15) is 44.0 Å².